The molecule has 4 aliphatic rings. The maximum Gasteiger partial charge on any atom is 0.413 e. The lowest BCUT2D eigenvalue weighted by atomic mass is 10.0. The fourth-order valence-electron chi connectivity index (χ4n) is 8.45. The van der Waals surface area contributed by atoms with Crippen LogP contribution in [0.5, 0.6) is 23.0 Å². The third kappa shape index (κ3) is 14.1. The first-order valence-corrected chi connectivity index (χ1v) is 27.7. The van der Waals surface area contributed by atoms with Crippen molar-refractivity contribution in [3.8, 4) is 23.0 Å². The van der Waals surface area contributed by atoms with Crippen molar-refractivity contribution in [2.24, 2.45) is 5.16 Å². The summed E-state index contributed by atoms with van der Waals surface area (Å²) in [5.41, 5.74) is -1.27. The van der Waals surface area contributed by atoms with E-state index in [1.807, 2.05) is 46.4 Å². The third-order valence-electron chi connectivity index (χ3n) is 12.3. The number of β-lactam (4-membered cyclic amide) rings is 1. The van der Waals surface area contributed by atoms with E-state index in [4.69, 9.17) is 57.6 Å². The standard InChI is InChI=1S/C54H61BClN9O14S2/c1-52(2,3)76-49(70)54(7,8)79-62-39(36-28-81-50(59-36)61-51(71)77-53(4,5)6)45(67)60-40-46(68)65-41(48(69)78-55)31(27-80-47(40)65)23-63-24-35(43-57-21-22-64(43)63)58-44(66)34-19-20-37(74-25-29-11-15-32(72-9)16-12-29)42(38(34)56)75-26-30-13-17-33(73-10)18-14-30/h11-20,28,40,47,57H,21-27H2,1-10H3,(H,58,66)(H,60,67)(H,59,61,71)/b62-39-/t40-,47-/m1/s1. The number of carbonyl (C=O) groups excluding carboxylic acids is 6. The number of hydrogen-bond acceptors (Lipinski definition) is 21. The van der Waals surface area contributed by atoms with Crippen molar-refractivity contribution in [3.05, 3.63) is 116 Å². The molecule has 0 spiro atoms. The lowest BCUT2D eigenvalue weighted by molar-refractivity contribution is -0.179. The summed E-state index contributed by atoms with van der Waals surface area (Å²) >= 11 is 9.28. The molecule has 27 heteroatoms. The van der Waals surface area contributed by atoms with Crippen LogP contribution in [0, 0.1) is 0 Å². The number of hydrogen-bond donors (Lipinski definition) is 4. The van der Waals surface area contributed by atoms with Crippen LogP contribution in [0.1, 0.15) is 82.6 Å². The topological polar surface area (TPSA) is 259 Å². The van der Waals surface area contributed by atoms with Crippen molar-refractivity contribution in [1.82, 2.24) is 35.9 Å². The normalized spacial score (nSPS) is 17.3. The van der Waals surface area contributed by atoms with Crippen LogP contribution in [0.4, 0.5) is 9.93 Å². The van der Waals surface area contributed by atoms with E-state index in [2.05, 4.69) is 31.4 Å². The Hall–Kier alpha value is -7.68. The number of rotatable bonds is 20. The van der Waals surface area contributed by atoms with Gasteiger partial charge in [0, 0.05) is 24.2 Å². The van der Waals surface area contributed by atoms with E-state index < -0.39 is 69.7 Å². The Morgan fingerprint density at radius 1 is 0.864 bits per heavy atom. The summed E-state index contributed by atoms with van der Waals surface area (Å²) in [6, 6.07) is 16.7. The molecule has 23 nitrogen and oxygen atoms in total. The van der Waals surface area contributed by atoms with Gasteiger partial charge in [-0.3, -0.25) is 29.6 Å². The first-order valence-electron chi connectivity index (χ1n) is 25.4. The second-order valence-electron chi connectivity index (χ2n) is 21.1. The molecule has 2 saturated heterocycles. The number of aromatic nitrogens is 1. The molecule has 4 amide bonds. The van der Waals surface area contributed by atoms with E-state index in [0.29, 0.717) is 47.4 Å². The summed E-state index contributed by atoms with van der Waals surface area (Å²) in [5, 5.41) is 20.1. The highest BCUT2D eigenvalue weighted by atomic mass is 35.5. The number of nitrogens with zero attached hydrogens (tertiary/aromatic N) is 5. The molecular formula is C54H61BClN9O14S2. The molecule has 2 atom stereocenters. The number of amides is 4. The number of anilines is 1. The lowest BCUT2D eigenvalue weighted by Gasteiger charge is -2.50. The highest BCUT2D eigenvalue weighted by molar-refractivity contribution is 8.00. The van der Waals surface area contributed by atoms with E-state index >= 15 is 0 Å². The summed E-state index contributed by atoms with van der Waals surface area (Å²) < 4.78 is 38.7. The van der Waals surface area contributed by atoms with E-state index in [-0.39, 0.29) is 64.9 Å². The molecule has 0 unspecified atom stereocenters. The number of esters is 1. The number of hydrazine groups is 1. The molecule has 5 heterocycles. The number of carbonyl (C=O) groups is 6. The molecule has 3 aromatic carbocycles. The average molecular weight is 1170 g/mol. The zero-order valence-electron chi connectivity index (χ0n) is 46.2. The summed E-state index contributed by atoms with van der Waals surface area (Å²) in [7, 11) is 8.65. The van der Waals surface area contributed by atoms with Crippen LogP contribution >= 0.6 is 34.7 Å². The minimum Gasteiger partial charge on any atom is -0.539 e. The van der Waals surface area contributed by atoms with E-state index in [1.165, 1.54) is 35.9 Å². The van der Waals surface area contributed by atoms with Gasteiger partial charge in [0.2, 0.25) is 5.60 Å². The number of benzene rings is 3. The Bertz CT molecular complexity index is 3180. The number of ether oxygens (including phenoxy) is 6. The van der Waals surface area contributed by atoms with Crippen LogP contribution < -0.4 is 40.2 Å². The number of halogens is 1. The highest BCUT2D eigenvalue weighted by Crippen LogP contribution is 2.43. The van der Waals surface area contributed by atoms with Gasteiger partial charge in [-0.2, -0.15) is 0 Å². The Morgan fingerprint density at radius 3 is 2.12 bits per heavy atom. The minimum atomic E-state index is -1.70. The fraction of sp³-hybridized carbons (Fsp3) is 0.407. The molecule has 0 saturated carbocycles. The molecule has 0 bridgehead atoms. The van der Waals surface area contributed by atoms with Crippen LogP contribution in [0.3, 0.4) is 0 Å². The van der Waals surface area contributed by atoms with Crippen LogP contribution in [-0.4, -0.2) is 144 Å². The molecule has 4 N–H and O–H groups in total. The Kier molecular flexibility index (Phi) is 18.0. The third-order valence-corrected chi connectivity index (χ3v) is 14.8. The predicted molar refractivity (Wildman–Crippen MR) is 300 cm³/mol. The summed E-state index contributed by atoms with van der Waals surface area (Å²) in [5.74, 6) is -1.26. The van der Waals surface area contributed by atoms with E-state index in [1.54, 1.807) is 80.0 Å². The van der Waals surface area contributed by atoms with Gasteiger partial charge >= 0.3 is 26.1 Å². The molecule has 4 aromatic rings. The van der Waals surface area contributed by atoms with Gasteiger partial charge in [-0.1, -0.05) is 41.0 Å². The Balaban J connectivity index is 0.980. The van der Waals surface area contributed by atoms with Gasteiger partial charge < -0.3 is 53.9 Å². The maximum atomic E-state index is 14.3. The minimum absolute atomic E-state index is 0.0198. The van der Waals surface area contributed by atoms with Crippen LogP contribution in [0.15, 0.2) is 94.0 Å². The monoisotopic (exact) mass is 1170 g/mol. The van der Waals surface area contributed by atoms with Gasteiger partial charge in [0.15, 0.2) is 22.3 Å². The number of fused-ring (bicyclic) bond motifs is 2. The smallest absolute Gasteiger partial charge is 0.413 e. The van der Waals surface area contributed by atoms with Gasteiger partial charge in [0.05, 0.1) is 43.6 Å². The molecule has 2 fully saturated rings. The Labute approximate surface area is 482 Å². The second kappa shape index (κ2) is 24.6. The largest absolute Gasteiger partial charge is 0.539 e. The quantitative estimate of drug-likeness (QED) is 0.0253. The molecule has 1 aromatic heterocycles. The van der Waals surface area contributed by atoms with Gasteiger partial charge in [0.1, 0.15) is 64.5 Å². The molecular weight excluding hydrogens is 1110 g/mol. The SMILES string of the molecule is [B]OC(=O)C1=C(CN2CC(NC(=O)c3ccc(OCc4ccc(OC)cc4)c(OCc4ccc(OC)cc4)c3Cl)=C3NCCN32)CS[C@@H]2[C@H](NC(=O)/C(=N\OC(C)(C)C(=O)OC(C)(C)C)c3csc(NC(=O)OC(C)(C)C)n3)C(=O)N12. The lowest BCUT2D eigenvalue weighted by Crippen LogP contribution is -2.71. The number of methoxy groups -OCH3 is 2. The highest BCUT2D eigenvalue weighted by Gasteiger charge is 2.55. The number of thioether (sulfide) groups is 1. The molecule has 81 heavy (non-hydrogen) atoms. The zero-order chi connectivity index (χ0) is 58.6. The van der Waals surface area contributed by atoms with Crippen molar-refractivity contribution in [1.29, 1.82) is 0 Å². The maximum absolute atomic E-state index is 14.3. The molecule has 428 valence electrons. The van der Waals surface area contributed by atoms with Crippen molar-refractivity contribution >= 4 is 89.3 Å². The first kappa shape index (κ1) is 59.4. The number of oxime groups is 1. The van der Waals surface area contributed by atoms with Crippen molar-refractivity contribution in [2.45, 2.75) is 96.8 Å². The number of nitrogens with one attached hydrogen (secondary N) is 4. The average Bonchev–Trinajstić information content (AvgIpc) is 3.59. The van der Waals surface area contributed by atoms with E-state index in [9.17, 15) is 28.8 Å². The van der Waals surface area contributed by atoms with Crippen molar-refractivity contribution in [3.63, 3.8) is 0 Å². The van der Waals surface area contributed by atoms with Gasteiger partial charge in [-0.25, -0.2) is 24.4 Å². The molecule has 4 aliphatic heterocycles. The summed E-state index contributed by atoms with van der Waals surface area (Å²) in [6.45, 7) is 14.4. The Morgan fingerprint density at radius 2 is 1.51 bits per heavy atom. The summed E-state index contributed by atoms with van der Waals surface area (Å²) in [4.78, 5) is 93.2. The first-order chi connectivity index (χ1) is 38.4. The van der Waals surface area contributed by atoms with Gasteiger partial charge in [0.25, 0.3) is 17.7 Å². The zero-order valence-corrected chi connectivity index (χ0v) is 48.6. The van der Waals surface area contributed by atoms with Gasteiger partial charge in [-0.15, -0.1) is 23.1 Å². The number of thiazole rings is 1. The van der Waals surface area contributed by atoms with Crippen LogP contribution in [0.25, 0.3) is 0 Å². The molecule has 2 radical (unpaired) electrons. The van der Waals surface area contributed by atoms with Crippen LogP contribution in [-0.2, 0) is 51.4 Å². The van der Waals surface area contributed by atoms with E-state index in [0.717, 1.165) is 22.5 Å². The fourth-order valence-corrected chi connectivity index (χ4v) is 10.8. The van der Waals surface area contributed by atoms with Crippen LogP contribution in [0.2, 0.25) is 5.02 Å². The molecule has 0 aliphatic carbocycles. The molecule has 8 rings (SSSR count). The van der Waals surface area contributed by atoms with Crippen molar-refractivity contribution in [2.75, 3.05) is 51.5 Å². The van der Waals surface area contributed by atoms with Gasteiger partial charge in [-0.05, 0) is 108 Å². The van der Waals surface area contributed by atoms with Crippen molar-refractivity contribution < 1.29 is 66.7 Å². The predicted octanol–water partition coefficient (Wildman–Crippen LogP) is 6.18. The summed E-state index contributed by atoms with van der Waals surface area (Å²) in [6.07, 6.45) is -0.799. The second-order valence-corrected chi connectivity index (χ2v) is 23.4.